The van der Waals surface area contributed by atoms with Crippen molar-refractivity contribution >= 4 is 29.5 Å². The number of hydrogen-bond acceptors (Lipinski definition) is 4. The molecule has 5 nitrogen and oxygen atoms in total. The third-order valence-electron chi connectivity index (χ3n) is 2.84. The minimum atomic E-state index is -0.380. The van der Waals surface area contributed by atoms with E-state index >= 15 is 0 Å². The summed E-state index contributed by atoms with van der Waals surface area (Å²) in [6.45, 7) is 1.87. The summed E-state index contributed by atoms with van der Waals surface area (Å²) in [5.74, 6) is 0.0855. The molecule has 0 saturated heterocycles. The zero-order valence-electron chi connectivity index (χ0n) is 11.9. The van der Waals surface area contributed by atoms with Crippen LogP contribution in [0.3, 0.4) is 0 Å². The fourth-order valence-corrected chi connectivity index (χ4v) is 1.81. The minimum Gasteiger partial charge on any atom is -0.423 e. The van der Waals surface area contributed by atoms with E-state index in [1.54, 1.807) is 42.6 Å². The summed E-state index contributed by atoms with van der Waals surface area (Å²) in [5, 5.41) is 3.94. The molecule has 0 radical (unpaired) electrons. The molecule has 0 atom stereocenters. The molecule has 2 aromatic rings. The Hall–Kier alpha value is -2.73. The Morgan fingerprint density at radius 1 is 1.23 bits per heavy atom. The van der Waals surface area contributed by atoms with Crippen molar-refractivity contribution in [3.63, 3.8) is 0 Å². The smallest absolute Gasteiger partial charge is 0.343 e. The molecule has 3 N–H and O–H groups in total. The molecule has 0 aliphatic rings. The van der Waals surface area contributed by atoms with Gasteiger partial charge in [0.05, 0.1) is 11.8 Å². The van der Waals surface area contributed by atoms with E-state index in [1.165, 1.54) is 0 Å². The predicted molar refractivity (Wildman–Crippen MR) is 90.1 cm³/mol. The summed E-state index contributed by atoms with van der Waals surface area (Å²) in [4.78, 5) is 12.1. The van der Waals surface area contributed by atoms with Crippen molar-refractivity contribution in [2.45, 2.75) is 6.92 Å². The molecule has 6 heteroatoms. The van der Waals surface area contributed by atoms with E-state index in [2.05, 4.69) is 22.7 Å². The minimum absolute atomic E-state index is 0.0973. The molecule has 0 aliphatic heterocycles. The fraction of sp³-hybridized carbons (Fsp3) is 0.0625. The molecule has 2 rings (SSSR count). The molecule has 112 valence electrons. The van der Waals surface area contributed by atoms with Crippen LogP contribution in [0.25, 0.3) is 0 Å². The first-order valence-corrected chi connectivity index (χ1v) is 6.93. The van der Waals surface area contributed by atoms with Gasteiger partial charge in [-0.05, 0) is 60.6 Å². The van der Waals surface area contributed by atoms with Crippen LogP contribution >= 0.6 is 12.2 Å². The number of hydrazone groups is 1. The van der Waals surface area contributed by atoms with E-state index in [-0.39, 0.29) is 11.1 Å². The molecule has 0 aliphatic carbocycles. The van der Waals surface area contributed by atoms with Gasteiger partial charge in [0.2, 0.25) is 0 Å². The highest BCUT2D eigenvalue weighted by atomic mass is 32.1. The van der Waals surface area contributed by atoms with Crippen LogP contribution in [0.5, 0.6) is 5.75 Å². The Bertz CT molecular complexity index is 712. The van der Waals surface area contributed by atoms with Crippen molar-refractivity contribution in [1.82, 2.24) is 5.43 Å². The zero-order valence-corrected chi connectivity index (χ0v) is 12.8. The van der Waals surface area contributed by atoms with Crippen molar-refractivity contribution in [2.24, 2.45) is 10.8 Å². The van der Waals surface area contributed by atoms with Crippen molar-refractivity contribution in [3.05, 3.63) is 65.2 Å². The molecule has 0 bridgehead atoms. The lowest BCUT2D eigenvalue weighted by atomic mass is 10.1. The van der Waals surface area contributed by atoms with Crippen molar-refractivity contribution in [3.8, 4) is 5.75 Å². The number of esters is 1. The number of carbonyl (C=O) groups is 1. The standard InChI is InChI=1S/C16H15N3O2S/c1-11-4-2-3-5-14(11)15(20)21-13-8-6-12(7-9-13)10-18-19-16(17)22/h2-10H,1H3,(H3,17,19,22). The number of nitrogens with zero attached hydrogens (tertiary/aromatic N) is 1. The van der Waals surface area contributed by atoms with Crippen molar-refractivity contribution < 1.29 is 9.53 Å². The Morgan fingerprint density at radius 2 is 1.91 bits per heavy atom. The van der Waals surface area contributed by atoms with Crippen molar-refractivity contribution in [1.29, 1.82) is 0 Å². The number of hydrogen-bond donors (Lipinski definition) is 2. The van der Waals surface area contributed by atoms with Crippen LogP contribution in [0.15, 0.2) is 53.6 Å². The molecular formula is C16H15N3O2S. The number of thiocarbonyl (C=S) groups is 1. The zero-order chi connectivity index (χ0) is 15.9. The van der Waals surface area contributed by atoms with Gasteiger partial charge in [0, 0.05) is 0 Å². The molecule has 0 amide bonds. The lowest BCUT2D eigenvalue weighted by molar-refractivity contribution is 0.0734. The van der Waals surface area contributed by atoms with Gasteiger partial charge in [-0.2, -0.15) is 5.10 Å². The SMILES string of the molecule is Cc1ccccc1C(=O)Oc1ccc(C=NNC(N)=S)cc1. The first-order valence-electron chi connectivity index (χ1n) is 6.52. The quantitative estimate of drug-likeness (QED) is 0.298. The molecule has 2 aromatic carbocycles. The van der Waals surface area contributed by atoms with Crippen LogP contribution in [-0.4, -0.2) is 17.3 Å². The summed E-state index contributed by atoms with van der Waals surface area (Å²) < 4.78 is 5.34. The van der Waals surface area contributed by atoms with Crippen LogP contribution in [0.4, 0.5) is 0 Å². The largest absolute Gasteiger partial charge is 0.423 e. The lowest BCUT2D eigenvalue weighted by Crippen LogP contribution is -2.23. The Kier molecular flexibility index (Phi) is 5.21. The van der Waals surface area contributed by atoms with Gasteiger partial charge in [-0.15, -0.1) is 0 Å². The van der Waals surface area contributed by atoms with E-state index in [4.69, 9.17) is 10.5 Å². The molecule has 0 heterocycles. The van der Waals surface area contributed by atoms with Gasteiger partial charge in [0.15, 0.2) is 5.11 Å². The maximum atomic E-state index is 12.1. The van der Waals surface area contributed by atoms with E-state index in [1.807, 2.05) is 19.1 Å². The molecule has 0 aromatic heterocycles. The average molecular weight is 313 g/mol. The van der Waals surface area contributed by atoms with Crippen LogP contribution in [0.2, 0.25) is 0 Å². The normalized spacial score (nSPS) is 10.4. The molecule has 22 heavy (non-hydrogen) atoms. The Morgan fingerprint density at radius 3 is 2.55 bits per heavy atom. The monoisotopic (exact) mass is 313 g/mol. The molecule has 0 spiro atoms. The first-order chi connectivity index (χ1) is 10.6. The summed E-state index contributed by atoms with van der Waals surface area (Å²) in [6, 6.07) is 14.2. The number of aryl methyl sites for hydroxylation is 1. The van der Waals surface area contributed by atoms with Crippen molar-refractivity contribution in [2.75, 3.05) is 0 Å². The van der Waals surface area contributed by atoms with Gasteiger partial charge in [-0.3, -0.25) is 5.43 Å². The number of nitrogens with two attached hydrogens (primary N) is 1. The van der Waals surface area contributed by atoms with Crippen LogP contribution < -0.4 is 15.9 Å². The van der Waals surface area contributed by atoms with Gasteiger partial charge in [-0.25, -0.2) is 4.79 Å². The fourth-order valence-electron chi connectivity index (χ4n) is 1.76. The second-order valence-electron chi connectivity index (χ2n) is 4.51. The average Bonchev–Trinajstić information content (AvgIpc) is 2.49. The summed E-state index contributed by atoms with van der Waals surface area (Å²) in [6.07, 6.45) is 1.56. The Balaban J connectivity index is 2.02. The summed E-state index contributed by atoms with van der Waals surface area (Å²) in [5.41, 5.74) is 9.96. The predicted octanol–water partition coefficient (Wildman–Crippen LogP) is 2.38. The van der Waals surface area contributed by atoms with E-state index < -0.39 is 0 Å². The van der Waals surface area contributed by atoms with Crippen LogP contribution in [-0.2, 0) is 0 Å². The molecule has 0 unspecified atom stereocenters. The molecule has 0 saturated carbocycles. The van der Waals surface area contributed by atoms with E-state index in [0.29, 0.717) is 11.3 Å². The number of carbonyl (C=O) groups excluding carboxylic acids is 1. The van der Waals surface area contributed by atoms with E-state index in [9.17, 15) is 4.79 Å². The second-order valence-corrected chi connectivity index (χ2v) is 4.95. The van der Waals surface area contributed by atoms with Gasteiger partial charge in [0.25, 0.3) is 0 Å². The molecule has 0 fully saturated rings. The highest BCUT2D eigenvalue weighted by molar-refractivity contribution is 7.80. The molecular weight excluding hydrogens is 298 g/mol. The van der Waals surface area contributed by atoms with Crippen LogP contribution in [0.1, 0.15) is 21.5 Å². The third kappa shape index (κ3) is 4.39. The maximum Gasteiger partial charge on any atom is 0.343 e. The highest BCUT2D eigenvalue weighted by Gasteiger charge is 2.10. The van der Waals surface area contributed by atoms with E-state index in [0.717, 1.165) is 11.1 Å². The summed E-state index contributed by atoms with van der Waals surface area (Å²) >= 11 is 4.63. The maximum absolute atomic E-state index is 12.1. The van der Waals surface area contributed by atoms with Gasteiger partial charge in [0.1, 0.15) is 5.75 Å². The van der Waals surface area contributed by atoms with Gasteiger partial charge in [-0.1, -0.05) is 18.2 Å². The Labute approximate surface area is 133 Å². The van der Waals surface area contributed by atoms with Crippen LogP contribution in [0, 0.1) is 6.92 Å². The number of rotatable bonds is 4. The first kappa shape index (κ1) is 15.7. The number of nitrogens with one attached hydrogen (secondary N) is 1. The highest BCUT2D eigenvalue weighted by Crippen LogP contribution is 2.15. The number of ether oxygens (including phenoxy) is 1. The number of benzene rings is 2. The second kappa shape index (κ2) is 7.33. The summed E-state index contributed by atoms with van der Waals surface area (Å²) in [7, 11) is 0. The third-order valence-corrected chi connectivity index (χ3v) is 2.94. The van der Waals surface area contributed by atoms with Gasteiger partial charge >= 0.3 is 5.97 Å². The topological polar surface area (TPSA) is 76.7 Å². The lowest BCUT2D eigenvalue weighted by Gasteiger charge is -2.06. The van der Waals surface area contributed by atoms with Gasteiger partial charge < -0.3 is 10.5 Å².